The third-order valence-electron chi connectivity index (χ3n) is 16.9. The van der Waals surface area contributed by atoms with Gasteiger partial charge in [0.25, 0.3) is 0 Å². The van der Waals surface area contributed by atoms with Gasteiger partial charge in [-0.3, -0.25) is 14.9 Å². The number of hydrogen-bond acceptors (Lipinski definition) is 10. The third-order valence-corrected chi connectivity index (χ3v) is 16.9. The van der Waals surface area contributed by atoms with Gasteiger partial charge in [0.15, 0.2) is 23.0 Å². The van der Waals surface area contributed by atoms with E-state index in [4.69, 9.17) is 28.9 Å². The second-order valence-corrected chi connectivity index (χ2v) is 20.8. The molecule has 3 saturated carbocycles. The van der Waals surface area contributed by atoms with Gasteiger partial charge in [0, 0.05) is 82.8 Å². The lowest BCUT2D eigenvalue weighted by Crippen LogP contribution is -2.33. The first kappa shape index (κ1) is 40.5. The van der Waals surface area contributed by atoms with Gasteiger partial charge in [0.05, 0.1) is 31.9 Å². The van der Waals surface area contributed by atoms with Crippen molar-refractivity contribution in [3.05, 3.63) is 46.3 Å². The molecule has 5 aliphatic carbocycles. The van der Waals surface area contributed by atoms with E-state index >= 15 is 0 Å². The molecule has 8 aliphatic rings. The summed E-state index contributed by atoms with van der Waals surface area (Å²) in [6.45, 7) is 7.49. The summed E-state index contributed by atoms with van der Waals surface area (Å²) in [5.74, 6) is 5.58. The van der Waals surface area contributed by atoms with Gasteiger partial charge in [-0.05, 0) is 183 Å². The molecule has 3 aliphatic heterocycles. The summed E-state index contributed by atoms with van der Waals surface area (Å²) >= 11 is 0. The van der Waals surface area contributed by atoms with E-state index in [0.717, 1.165) is 122 Å². The van der Waals surface area contributed by atoms with Crippen molar-refractivity contribution in [2.45, 2.75) is 146 Å². The van der Waals surface area contributed by atoms with E-state index in [1.165, 1.54) is 135 Å². The summed E-state index contributed by atoms with van der Waals surface area (Å²) in [5, 5.41) is 10.4. The van der Waals surface area contributed by atoms with Crippen molar-refractivity contribution in [2.75, 3.05) is 70.7 Å². The zero-order valence-corrected chi connectivity index (χ0v) is 38.1. The molecule has 10 nitrogen and oxygen atoms in total. The van der Waals surface area contributed by atoms with Crippen LogP contribution in [0.4, 0.5) is 11.4 Å². The number of fused-ring (bicyclic) bond motifs is 5. The molecule has 0 spiro atoms. The molecule has 0 bridgehead atoms. The van der Waals surface area contributed by atoms with Crippen molar-refractivity contribution in [3.63, 3.8) is 0 Å². The van der Waals surface area contributed by atoms with Crippen LogP contribution >= 0.6 is 0 Å². The summed E-state index contributed by atoms with van der Waals surface area (Å²) in [5.41, 5.74) is 11.3. The first-order valence-corrected chi connectivity index (χ1v) is 25.4. The molecule has 2 aromatic heterocycles. The molecular weight excluding hydrogens is 785 g/mol. The second kappa shape index (κ2) is 17.1. The van der Waals surface area contributed by atoms with E-state index in [0.29, 0.717) is 30.4 Å². The molecular formula is C53H70N6O4. The summed E-state index contributed by atoms with van der Waals surface area (Å²) in [4.78, 5) is 16.3. The highest BCUT2D eigenvalue weighted by Gasteiger charge is 2.44. The van der Waals surface area contributed by atoms with Gasteiger partial charge in [-0.1, -0.05) is 0 Å². The quantitative estimate of drug-likeness (QED) is 0.107. The van der Waals surface area contributed by atoms with E-state index < -0.39 is 0 Å². The maximum absolute atomic E-state index is 7.03. The summed E-state index contributed by atoms with van der Waals surface area (Å²) in [7, 11) is 3.62. The maximum Gasteiger partial charge on any atom is 0.166 e. The van der Waals surface area contributed by atoms with Gasteiger partial charge >= 0.3 is 0 Å². The highest BCUT2D eigenvalue weighted by atomic mass is 16.5. The van der Waals surface area contributed by atoms with Crippen LogP contribution in [0.5, 0.6) is 23.0 Å². The normalized spacial score (nSPS) is 27.6. The van der Waals surface area contributed by atoms with E-state index in [1.807, 2.05) is 7.11 Å². The number of likely N-dealkylation sites (tertiary alicyclic amines) is 1. The molecule has 0 radical (unpaired) electrons. The molecule has 63 heavy (non-hydrogen) atoms. The van der Waals surface area contributed by atoms with Crippen LogP contribution in [-0.2, 0) is 25.7 Å². The highest BCUT2D eigenvalue weighted by Crippen LogP contribution is 2.56. The predicted octanol–water partition coefficient (Wildman–Crippen LogP) is 9.85. The third kappa shape index (κ3) is 7.76. The summed E-state index contributed by atoms with van der Waals surface area (Å²) < 4.78 is 26.4. The Morgan fingerprint density at radius 3 is 2.27 bits per heavy atom. The molecule has 6 fully saturated rings. The van der Waals surface area contributed by atoms with Crippen LogP contribution in [0.3, 0.4) is 0 Å². The predicted molar refractivity (Wildman–Crippen MR) is 251 cm³/mol. The van der Waals surface area contributed by atoms with Crippen LogP contribution in [-0.4, -0.2) is 98.1 Å². The number of nitrogens with one attached hydrogen (secondary N) is 2. The molecule has 6 atom stereocenters. The van der Waals surface area contributed by atoms with Crippen LogP contribution in [0.1, 0.15) is 130 Å². The molecule has 2 aromatic carbocycles. The van der Waals surface area contributed by atoms with Crippen LogP contribution in [0.15, 0.2) is 18.2 Å². The van der Waals surface area contributed by atoms with E-state index in [2.05, 4.69) is 38.6 Å². The Kier molecular flexibility index (Phi) is 11.0. The maximum atomic E-state index is 7.03. The molecule has 336 valence electrons. The number of pyridine rings is 2. The molecule has 6 unspecified atom stereocenters. The first-order valence-electron chi connectivity index (χ1n) is 25.4. The Bertz CT molecular complexity index is 2360. The SMILES string of the molecule is COc1cc2c(NCC3CC3c3c(OCCC4CCC5CCCN54)c(OC)cc4c(NCC5CC5)c5c(nc34)CCC5)c3c(nc2cc1OC1CCCC1CN1CCCC1)CCC3. The molecule has 4 aromatic rings. The lowest BCUT2D eigenvalue weighted by molar-refractivity contribution is 0.127. The number of aromatic nitrogens is 2. The average molecular weight is 855 g/mol. The van der Waals surface area contributed by atoms with Crippen LogP contribution in [0.2, 0.25) is 0 Å². The van der Waals surface area contributed by atoms with Crippen molar-refractivity contribution in [3.8, 4) is 23.0 Å². The zero-order chi connectivity index (χ0) is 42.0. The number of hydrogen-bond donors (Lipinski definition) is 2. The van der Waals surface area contributed by atoms with Gasteiger partial charge in [-0.25, -0.2) is 0 Å². The topological polar surface area (TPSA) is 93.2 Å². The fraction of sp³-hybridized carbons (Fsp3) is 0.660. The van der Waals surface area contributed by atoms with Crippen LogP contribution in [0.25, 0.3) is 21.8 Å². The standard InChI is InChI=1S/C53H70N6O4/c1-60-46-26-40-44(28-47(46)63-45-15-5-9-33(45)31-58-21-3-4-22-58)56-42-13-6-11-37(42)50(40)55-30-34-25-39(34)49-52-41(51(54-29-32-16-17-32)38-12-7-14-43(38)57-52)27-48(61-2)53(49)62-24-20-36-19-18-35-10-8-23-59(35)36/h26-28,32-36,39,45H,3-25,29-31H2,1-2H3,(H,54,57)(H,55,56). The number of nitrogens with zero attached hydrogens (tertiary/aromatic N) is 4. The second-order valence-electron chi connectivity index (χ2n) is 20.8. The van der Waals surface area contributed by atoms with Gasteiger partial charge in [-0.15, -0.1) is 0 Å². The van der Waals surface area contributed by atoms with Gasteiger partial charge in [0.2, 0.25) is 0 Å². The van der Waals surface area contributed by atoms with Gasteiger partial charge in [0.1, 0.15) is 6.10 Å². The summed E-state index contributed by atoms with van der Waals surface area (Å²) in [6.07, 6.45) is 23.2. The number of ether oxygens (including phenoxy) is 4. The minimum absolute atomic E-state index is 0.220. The molecule has 3 saturated heterocycles. The van der Waals surface area contributed by atoms with Crippen molar-refractivity contribution in [2.24, 2.45) is 17.8 Å². The Morgan fingerprint density at radius 2 is 1.46 bits per heavy atom. The van der Waals surface area contributed by atoms with E-state index in [-0.39, 0.29) is 6.10 Å². The first-order chi connectivity index (χ1) is 31.1. The molecule has 2 N–H and O–H groups in total. The average Bonchev–Trinajstić information content (AvgIpc) is 3.72. The fourth-order valence-electron chi connectivity index (χ4n) is 13.2. The number of aryl methyl sites for hydroxylation is 2. The molecule has 12 rings (SSSR count). The Balaban J connectivity index is 0.845. The van der Waals surface area contributed by atoms with Crippen LogP contribution < -0.4 is 29.6 Å². The van der Waals surface area contributed by atoms with E-state index in [9.17, 15) is 0 Å². The minimum Gasteiger partial charge on any atom is -0.493 e. The summed E-state index contributed by atoms with van der Waals surface area (Å²) in [6, 6.07) is 8.07. The molecule has 0 amide bonds. The minimum atomic E-state index is 0.220. The molecule has 5 heterocycles. The number of rotatable bonds is 17. The van der Waals surface area contributed by atoms with Crippen molar-refractivity contribution < 1.29 is 18.9 Å². The van der Waals surface area contributed by atoms with Crippen molar-refractivity contribution in [1.29, 1.82) is 0 Å². The van der Waals surface area contributed by atoms with Crippen LogP contribution in [0, 0.1) is 17.8 Å². The fourth-order valence-corrected chi connectivity index (χ4v) is 13.2. The number of benzene rings is 2. The van der Waals surface area contributed by atoms with Gasteiger partial charge in [-0.2, -0.15) is 0 Å². The Morgan fingerprint density at radius 1 is 0.683 bits per heavy atom. The Labute approximate surface area is 374 Å². The smallest absolute Gasteiger partial charge is 0.166 e. The zero-order valence-electron chi connectivity index (χ0n) is 38.1. The highest BCUT2D eigenvalue weighted by molar-refractivity contribution is 5.99. The number of methoxy groups -OCH3 is 2. The number of anilines is 2. The van der Waals surface area contributed by atoms with Crippen molar-refractivity contribution >= 4 is 33.2 Å². The molecule has 10 heteroatoms. The lowest BCUT2D eigenvalue weighted by atomic mass is 9.98. The lowest BCUT2D eigenvalue weighted by Gasteiger charge is -2.26. The van der Waals surface area contributed by atoms with Crippen molar-refractivity contribution in [1.82, 2.24) is 19.8 Å². The largest absolute Gasteiger partial charge is 0.493 e. The van der Waals surface area contributed by atoms with Gasteiger partial charge < -0.3 is 34.5 Å². The monoisotopic (exact) mass is 855 g/mol. The van der Waals surface area contributed by atoms with E-state index in [1.54, 1.807) is 7.11 Å². The Hall–Kier alpha value is -4.02.